The fourth-order valence-corrected chi connectivity index (χ4v) is 11.7. The van der Waals surface area contributed by atoms with Gasteiger partial charge in [0.2, 0.25) is 0 Å². The predicted octanol–water partition coefficient (Wildman–Crippen LogP) is 2.41. The molecule has 5 heterocycles. The van der Waals surface area contributed by atoms with Crippen LogP contribution in [-0.4, -0.2) is 49.3 Å². The summed E-state index contributed by atoms with van der Waals surface area (Å²) in [4.78, 5) is 0. The van der Waals surface area contributed by atoms with Crippen molar-refractivity contribution in [1.82, 2.24) is 42.5 Å². The van der Waals surface area contributed by atoms with E-state index in [9.17, 15) is 0 Å². The maximum atomic E-state index is 4.25. The summed E-state index contributed by atoms with van der Waals surface area (Å²) in [6, 6.07) is 0. The van der Waals surface area contributed by atoms with Crippen LogP contribution in [0.3, 0.4) is 0 Å². The Labute approximate surface area is 275 Å². The molecule has 9 fully saturated rings. The fraction of sp³-hybridized carbons (Fsp3) is 0.969. The average molecular weight is 671 g/mol. The molecule has 9 rings (SSSR count). The molecule has 8 bridgehead atoms. The summed E-state index contributed by atoms with van der Waals surface area (Å²) in [5.74, 6) is 5.74. The minimum Gasteiger partial charge on any atom is -0.322 e. The van der Waals surface area contributed by atoms with E-state index in [-0.39, 0.29) is 34.1 Å². The van der Waals surface area contributed by atoms with Crippen LogP contribution in [0.25, 0.3) is 0 Å². The summed E-state index contributed by atoms with van der Waals surface area (Å²) >= 11 is 0. The quantitative estimate of drug-likeness (QED) is 0.147. The van der Waals surface area contributed by atoms with Crippen molar-refractivity contribution in [3.63, 3.8) is 0 Å². The minimum absolute atomic E-state index is 0. The first-order valence-electron chi connectivity index (χ1n) is 17.7. The van der Waals surface area contributed by atoms with Crippen LogP contribution in [0.15, 0.2) is 0 Å². The van der Waals surface area contributed by atoms with E-state index in [1.54, 1.807) is 0 Å². The zero-order chi connectivity index (χ0) is 26.2. The molecule has 0 aromatic heterocycles. The molecule has 0 spiro atoms. The summed E-state index contributed by atoms with van der Waals surface area (Å²) < 4.78 is 0. The van der Waals surface area contributed by atoms with Crippen molar-refractivity contribution in [2.45, 2.75) is 146 Å². The summed E-state index contributed by atoms with van der Waals surface area (Å²) in [7, 11) is 0. The Hall–Kier alpha value is 0.719. The molecule has 5 saturated heterocycles. The van der Waals surface area contributed by atoms with E-state index in [0.29, 0.717) is 61.2 Å². The molecule has 0 aromatic rings. The van der Waals surface area contributed by atoms with E-state index in [0.717, 1.165) is 35.5 Å². The third-order valence-corrected chi connectivity index (χ3v) is 13.6. The Morgan fingerprint density at radius 2 is 0.595 bits per heavy atom. The minimum atomic E-state index is 0. The van der Waals surface area contributed by atoms with E-state index >= 15 is 0 Å². The largest absolute Gasteiger partial charge is 0.322 e. The number of nitrogens with one attached hydrogen (secondary N) is 8. The molecule has 16 unspecified atom stereocenters. The summed E-state index contributed by atoms with van der Waals surface area (Å²) in [6.45, 7) is 0. The van der Waals surface area contributed by atoms with Crippen LogP contribution in [0.5, 0.6) is 0 Å². The molecule has 4 aliphatic carbocycles. The number of fused-ring (bicyclic) bond motifs is 20. The standard InChI is InChI=1S/C32H55N8.Cu.Fe/c1-2-10-18-17(9-1)25-33-26(18)38-28-21-13-5-6-14-22(21)30(35-28)40-32-24-16-8-7-15-23(24)31(36-32)39-29-20-12-4-3-11-19(20)27(34-29)37-25;;/h9,17-40H,1-8,10-16H2;;/q-1;;. The Morgan fingerprint density at radius 3 is 0.929 bits per heavy atom. The second-order valence-electron chi connectivity index (χ2n) is 15.4. The van der Waals surface area contributed by atoms with Gasteiger partial charge in [-0.1, -0.05) is 51.4 Å². The van der Waals surface area contributed by atoms with Gasteiger partial charge in [0.15, 0.2) is 0 Å². The number of hydrogen-bond donors (Lipinski definition) is 8. The maximum Gasteiger partial charge on any atom is 0.0628 e. The van der Waals surface area contributed by atoms with Gasteiger partial charge >= 0.3 is 0 Å². The van der Waals surface area contributed by atoms with Crippen molar-refractivity contribution in [3.8, 4) is 0 Å². The summed E-state index contributed by atoms with van der Waals surface area (Å²) in [6.07, 6.45) is 26.4. The van der Waals surface area contributed by atoms with Crippen molar-refractivity contribution in [1.29, 1.82) is 0 Å². The Kier molecular flexibility index (Phi) is 9.76. The summed E-state index contributed by atoms with van der Waals surface area (Å²) in [5.41, 5.74) is 0. The Bertz CT molecular complexity index is 723. The molecular weight excluding hydrogens is 616 g/mol. The first kappa shape index (κ1) is 31.3. The third-order valence-electron chi connectivity index (χ3n) is 13.6. The van der Waals surface area contributed by atoms with Gasteiger partial charge in [-0.25, -0.2) is 0 Å². The second-order valence-corrected chi connectivity index (χ2v) is 15.4. The smallest absolute Gasteiger partial charge is 0.0628 e. The van der Waals surface area contributed by atoms with Crippen molar-refractivity contribution in [3.05, 3.63) is 6.42 Å². The van der Waals surface area contributed by atoms with Crippen LogP contribution in [0.4, 0.5) is 0 Å². The van der Waals surface area contributed by atoms with E-state index in [1.807, 2.05) is 0 Å². The molecule has 4 saturated carbocycles. The zero-order valence-electron chi connectivity index (χ0n) is 25.1. The molecule has 0 aromatic carbocycles. The van der Waals surface area contributed by atoms with Crippen LogP contribution >= 0.6 is 0 Å². The van der Waals surface area contributed by atoms with E-state index < -0.39 is 0 Å². The molecular formula is C32H55CuFeN8-. The van der Waals surface area contributed by atoms with Crippen LogP contribution < -0.4 is 42.5 Å². The maximum absolute atomic E-state index is 4.25. The average Bonchev–Trinajstić information content (AvgIpc) is 3.73. The first-order valence-corrected chi connectivity index (χ1v) is 17.7. The van der Waals surface area contributed by atoms with Gasteiger partial charge in [0, 0.05) is 40.3 Å². The Morgan fingerprint density at radius 1 is 0.333 bits per heavy atom. The van der Waals surface area contributed by atoms with E-state index in [4.69, 9.17) is 0 Å². The van der Waals surface area contributed by atoms with Crippen molar-refractivity contribution in [2.75, 3.05) is 0 Å². The van der Waals surface area contributed by atoms with Gasteiger partial charge in [-0.15, -0.1) is 5.92 Å². The second kappa shape index (κ2) is 13.1. The Balaban J connectivity index is 0.00000144. The molecule has 5 aliphatic heterocycles. The van der Waals surface area contributed by atoms with Gasteiger partial charge in [-0.05, 0) is 80.0 Å². The van der Waals surface area contributed by atoms with Gasteiger partial charge in [0.05, 0.1) is 43.2 Å². The normalized spacial score (nSPS) is 54.9. The molecule has 243 valence electrons. The zero-order valence-corrected chi connectivity index (χ0v) is 27.1. The molecule has 1 radical (unpaired) electrons. The molecule has 10 heteroatoms. The van der Waals surface area contributed by atoms with Crippen molar-refractivity contribution in [2.24, 2.45) is 47.3 Å². The topological polar surface area (TPSA) is 96.2 Å². The van der Waals surface area contributed by atoms with Crippen LogP contribution in [0.1, 0.15) is 96.3 Å². The fourth-order valence-electron chi connectivity index (χ4n) is 11.7. The van der Waals surface area contributed by atoms with Gasteiger partial charge in [0.25, 0.3) is 0 Å². The third kappa shape index (κ3) is 5.43. The molecule has 16 atom stereocenters. The van der Waals surface area contributed by atoms with Crippen molar-refractivity contribution < 1.29 is 34.1 Å². The monoisotopic (exact) mass is 670 g/mol. The van der Waals surface area contributed by atoms with Crippen molar-refractivity contribution >= 4 is 0 Å². The van der Waals surface area contributed by atoms with Gasteiger partial charge in [0.1, 0.15) is 0 Å². The number of rotatable bonds is 0. The molecule has 9 aliphatic rings. The molecule has 8 N–H and O–H groups in total. The van der Waals surface area contributed by atoms with E-state index in [2.05, 4.69) is 49.0 Å². The molecule has 0 amide bonds. The van der Waals surface area contributed by atoms with Crippen LogP contribution in [0.2, 0.25) is 0 Å². The predicted molar refractivity (Wildman–Crippen MR) is 157 cm³/mol. The molecule has 42 heavy (non-hydrogen) atoms. The summed E-state index contributed by atoms with van der Waals surface area (Å²) in [5, 5.41) is 33.7. The van der Waals surface area contributed by atoms with Gasteiger partial charge in [-0.3, -0.25) is 42.5 Å². The van der Waals surface area contributed by atoms with Gasteiger partial charge < -0.3 is 6.42 Å². The first-order chi connectivity index (χ1) is 19.8. The van der Waals surface area contributed by atoms with Gasteiger partial charge in [-0.2, -0.15) is 6.42 Å². The number of hydrogen-bond acceptors (Lipinski definition) is 8. The SMILES string of the molecule is [CH-]1CCCC2C3NC(NC4NC(NC5NC(NC6NC(N3)C3CCCCC63)C3CCCCC53)C3CCCCC43)C12.[Cu].[Fe]. The molecule has 8 nitrogen and oxygen atoms in total. The van der Waals surface area contributed by atoms with Crippen LogP contribution in [0, 0.1) is 53.8 Å². The van der Waals surface area contributed by atoms with Crippen LogP contribution in [-0.2, 0) is 34.1 Å². The van der Waals surface area contributed by atoms with E-state index in [1.165, 1.54) is 96.3 Å².